The lowest BCUT2D eigenvalue weighted by molar-refractivity contribution is -0.142. The molecule has 0 heterocycles. The van der Waals surface area contributed by atoms with Gasteiger partial charge in [0, 0.05) is 18.1 Å². The van der Waals surface area contributed by atoms with E-state index in [1.165, 1.54) is 0 Å². The van der Waals surface area contributed by atoms with Crippen molar-refractivity contribution in [2.75, 3.05) is 20.3 Å². The lowest BCUT2D eigenvalue weighted by Gasteiger charge is -2.22. The van der Waals surface area contributed by atoms with Crippen LogP contribution >= 0.6 is 0 Å². The third kappa shape index (κ3) is 5.42. The van der Waals surface area contributed by atoms with E-state index in [0.29, 0.717) is 18.8 Å². The molecule has 76 valence electrons. The second-order valence-corrected chi connectivity index (χ2v) is 3.95. The Bertz CT molecular complexity index is 194. The molecule has 0 aromatic rings. The number of rotatable bonds is 5. The number of methoxy groups -OCH3 is 1. The summed E-state index contributed by atoms with van der Waals surface area (Å²) in [7, 11) is 1.63. The Labute approximate surface area is 79.7 Å². The Kier molecular flexibility index (Phi) is 4.70. The first kappa shape index (κ1) is 12.2. The summed E-state index contributed by atoms with van der Waals surface area (Å²) in [6.07, 6.45) is 0. The van der Waals surface area contributed by atoms with Crippen LogP contribution in [0, 0.1) is 5.41 Å². The van der Waals surface area contributed by atoms with Gasteiger partial charge in [0.25, 0.3) is 0 Å². The third-order valence-electron chi connectivity index (χ3n) is 1.48. The summed E-state index contributed by atoms with van der Waals surface area (Å²) < 4.78 is 9.99. The first-order chi connectivity index (χ1) is 5.89. The smallest absolute Gasteiger partial charge is 0.333 e. The van der Waals surface area contributed by atoms with Gasteiger partial charge >= 0.3 is 5.97 Å². The minimum Gasteiger partial charge on any atom is -0.462 e. The van der Waals surface area contributed by atoms with Crippen molar-refractivity contribution in [1.82, 2.24) is 0 Å². The van der Waals surface area contributed by atoms with Crippen molar-refractivity contribution in [3.63, 3.8) is 0 Å². The van der Waals surface area contributed by atoms with Gasteiger partial charge in [0.05, 0.1) is 13.2 Å². The molecule has 3 heteroatoms. The highest BCUT2D eigenvalue weighted by Gasteiger charge is 2.20. The summed E-state index contributed by atoms with van der Waals surface area (Å²) in [4.78, 5) is 11.0. The third-order valence-corrected chi connectivity index (χ3v) is 1.48. The lowest BCUT2D eigenvalue weighted by atomic mass is 9.96. The van der Waals surface area contributed by atoms with E-state index in [2.05, 4.69) is 6.58 Å². The molecule has 0 rings (SSSR count). The quantitative estimate of drug-likeness (QED) is 0.485. The van der Waals surface area contributed by atoms with Crippen LogP contribution in [0.3, 0.4) is 0 Å². The Morgan fingerprint density at radius 1 is 1.38 bits per heavy atom. The molecule has 0 aromatic carbocycles. The van der Waals surface area contributed by atoms with Crippen LogP contribution in [0.15, 0.2) is 12.2 Å². The molecule has 0 amide bonds. The average Bonchev–Trinajstić information content (AvgIpc) is 2.00. The first-order valence-electron chi connectivity index (χ1n) is 4.20. The van der Waals surface area contributed by atoms with Crippen LogP contribution in [-0.4, -0.2) is 26.3 Å². The molecule has 0 unspecified atom stereocenters. The molecular weight excluding hydrogens is 168 g/mol. The van der Waals surface area contributed by atoms with Gasteiger partial charge in [-0.05, 0) is 6.92 Å². The Morgan fingerprint density at radius 2 is 1.92 bits per heavy atom. The predicted octanol–water partition coefficient (Wildman–Crippen LogP) is 1.78. The van der Waals surface area contributed by atoms with Crippen LogP contribution in [0.5, 0.6) is 0 Å². The Balaban J connectivity index is 3.87. The Hall–Kier alpha value is -0.830. The van der Waals surface area contributed by atoms with Gasteiger partial charge < -0.3 is 9.47 Å². The molecule has 0 bridgehead atoms. The number of hydrogen-bond donors (Lipinski definition) is 0. The molecule has 3 nitrogen and oxygen atoms in total. The van der Waals surface area contributed by atoms with Crippen molar-refractivity contribution in [3.8, 4) is 0 Å². The van der Waals surface area contributed by atoms with Crippen molar-refractivity contribution >= 4 is 5.97 Å². The summed E-state index contributed by atoms with van der Waals surface area (Å²) in [5.74, 6) is -0.343. The van der Waals surface area contributed by atoms with Crippen LogP contribution in [0.4, 0.5) is 0 Å². The highest BCUT2D eigenvalue weighted by molar-refractivity contribution is 5.86. The van der Waals surface area contributed by atoms with E-state index in [9.17, 15) is 4.79 Å². The SMILES string of the molecule is C=C(C)C(=O)OCC(C)(C)COC. The van der Waals surface area contributed by atoms with Crippen LogP contribution in [-0.2, 0) is 14.3 Å². The molecule has 0 aromatic heterocycles. The summed E-state index contributed by atoms with van der Waals surface area (Å²) in [5.41, 5.74) is 0.285. The molecule has 0 atom stereocenters. The van der Waals surface area contributed by atoms with E-state index in [1.54, 1.807) is 14.0 Å². The summed E-state index contributed by atoms with van der Waals surface area (Å²) in [6, 6.07) is 0. The number of esters is 1. The maximum Gasteiger partial charge on any atom is 0.333 e. The fourth-order valence-corrected chi connectivity index (χ4v) is 0.817. The van der Waals surface area contributed by atoms with Gasteiger partial charge in [0.2, 0.25) is 0 Å². The molecular formula is C10H18O3. The lowest BCUT2D eigenvalue weighted by Crippen LogP contribution is -2.26. The molecule has 13 heavy (non-hydrogen) atoms. The molecule has 0 spiro atoms. The van der Waals surface area contributed by atoms with Gasteiger partial charge in [0.1, 0.15) is 0 Å². The van der Waals surface area contributed by atoms with Gasteiger partial charge in [0.15, 0.2) is 0 Å². The van der Waals surface area contributed by atoms with E-state index in [4.69, 9.17) is 9.47 Å². The van der Waals surface area contributed by atoms with Crippen LogP contribution < -0.4 is 0 Å². The van der Waals surface area contributed by atoms with E-state index in [-0.39, 0.29) is 11.4 Å². The highest BCUT2D eigenvalue weighted by Crippen LogP contribution is 2.15. The number of carbonyl (C=O) groups is 1. The van der Waals surface area contributed by atoms with Crippen molar-refractivity contribution < 1.29 is 14.3 Å². The van der Waals surface area contributed by atoms with Crippen LogP contribution in [0.25, 0.3) is 0 Å². The fraction of sp³-hybridized carbons (Fsp3) is 0.700. The molecule has 0 fully saturated rings. The summed E-state index contributed by atoms with van der Waals surface area (Å²) >= 11 is 0. The zero-order valence-electron chi connectivity index (χ0n) is 8.85. The van der Waals surface area contributed by atoms with E-state index >= 15 is 0 Å². The highest BCUT2D eigenvalue weighted by atomic mass is 16.5. The number of hydrogen-bond acceptors (Lipinski definition) is 3. The second-order valence-electron chi connectivity index (χ2n) is 3.95. The standard InChI is InChI=1S/C10H18O3/c1-8(2)9(11)13-7-10(3,4)6-12-5/h1,6-7H2,2-5H3. The Morgan fingerprint density at radius 3 is 2.31 bits per heavy atom. The molecule has 0 aliphatic carbocycles. The summed E-state index contributed by atoms with van der Waals surface area (Å²) in [6.45, 7) is 9.99. The molecule has 0 aliphatic heterocycles. The first-order valence-corrected chi connectivity index (χ1v) is 4.20. The predicted molar refractivity (Wildman–Crippen MR) is 51.4 cm³/mol. The summed E-state index contributed by atoms with van der Waals surface area (Å²) in [5, 5.41) is 0. The van der Waals surface area contributed by atoms with Crippen LogP contribution in [0.1, 0.15) is 20.8 Å². The van der Waals surface area contributed by atoms with E-state index < -0.39 is 0 Å². The zero-order chi connectivity index (χ0) is 10.5. The van der Waals surface area contributed by atoms with Crippen molar-refractivity contribution in [2.45, 2.75) is 20.8 Å². The van der Waals surface area contributed by atoms with Gasteiger partial charge in [-0.1, -0.05) is 20.4 Å². The minimum absolute atomic E-state index is 0.139. The van der Waals surface area contributed by atoms with Gasteiger partial charge in [-0.15, -0.1) is 0 Å². The molecule has 0 aliphatic rings. The molecule has 0 saturated heterocycles. The maximum absolute atomic E-state index is 11.0. The van der Waals surface area contributed by atoms with Gasteiger partial charge in [-0.25, -0.2) is 4.79 Å². The zero-order valence-corrected chi connectivity index (χ0v) is 8.85. The normalized spacial score (nSPS) is 11.1. The molecule has 0 N–H and O–H groups in total. The number of carbonyl (C=O) groups excluding carboxylic acids is 1. The van der Waals surface area contributed by atoms with Crippen LogP contribution in [0.2, 0.25) is 0 Å². The van der Waals surface area contributed by atoms with Gasteiger partial charge in [-0.2, -0.15) is 0 Å². The topological polar surface area (TPSA) is 35.5 Å². The second kappa shape index (κ2) is 5.02. The van der Waals surface area contributed by atoms with E-state index in [0.717, 1.165) is 0 Å². The number of ether oxygens (including phenoxy) is 2. The minimum atomic E-state index is -0.343. The average molecular weight is 186 g/mol. The monoisotopic (exact) mass is 186 g/mol. The fourth-order valence-electron chi connectivity index (χ4n) is 0.817. The van der Waals surface area contributed by atoms with Gasteiger partial charge in [-0.3, -0.25) is 0 Å². The maximum atomic E-state index is 11.0. The van der Waals surface area contributed by atoms with Crippen molar-refractivity contribution in [1.29, 1.82) is 0 Å². The molecule has 0 radical (unpaired) electrons. The largest absolute Gasteiger partial charge is 0.462 e. The molecule has 0 saturated carbocycles. The van der Waals surface area contributed by atoms with E-state index in [1.807, 2.05) is 13.8 Å². The van der Waals surface area contributed by atoms with Crippen molar-refractivity contribution in [2.24, 2.45) is 5.41 Å². The van der Waals surface area contributed by atoms with Crippen molar-refractivity contribution in [3.05, 3.63) is 12.2 Å².